The number of halogens is 1. The van der Waals surface area contributed by atoms with E-state index in [1.165, 1.54) is 17.3 Å². The highest BCUT2D eigenvalue weighted by molar-refractivity contribution is 7.99. The first-order valence-electron chi connectivity index (χ1n) is 6.77. The lowest BCUT2D eigenvalue weighted by Crippen LogP contribution is -1.95. The van der Waals surface area contributed by atoms with Crippen LogP contribution in [0.25, 0.3) is 22.4 Å². The Balaban J connectivity index is 2.14. The van der Waals surface area contributed by atoms with Gasteiger partial charge in [0.25, 0.3) is 0 Å². The van der Waals surface area contributed by atoms with Gasteiger partial charge in [-0.1, -0.05) is 6.07 Å². The van der Waals surface area contributed by atoms with Gasteiger partial charge in [-0.05, 0) is 30.7 Å². The van der Waals surface area contributed by atoms with Crippen molar-refractivity contribution < 1.29 is 4.39 Å². The summed E-state index contributed by atoms with van der Waals surface area (Å²) in [6.07, 6.45) is 3.53. The monoisotopic (exact) mass is 301 g/mol. The third-order valence-electron chi connectivity index (χ3n) is 3.40. The van der Waals surface area contributed by atoms with E-state index >= 15 is 0 Å². The molecule has 5 heteroatoms. The summed E-state index contributed by atoms with van der Waals surface area (Å²) in [6, 6.07) is 8.18. The molecule has 108 valence electrons. The summed E-state index contributed by atoms with van der Waals surface area (Å²) < 4.78 is 14.5. The largest absolute Gasteiger partial charge is 0.327 e. The molecule has 2 heterocycles. The Morgan fingerprint density at radius 1 is 1.29 bits per heavy atom. The number of rotatable bonds is 4. The summed E-state index contributed by atoms with van der Waals surface area (Å²) in [5.41, 5.74) is 4.26. The molecule has 0 N–H and O–H groups in total. The number of benzene rings is 1. The molecular weight excluding hydrogens is 285 g/mol. The number of hydrogen-bond acceptors (Lipinski definition) is 3. The molecule has 0 radical (unpaired) electrons. The normalized spacial score (nSPS) is 11.2. The quantitative estimate of drug-likeness (QED) is 0.682. The molecule has 0 saturated carbocycles. The zero-order valence-corrected chi connectivity index (χ0v) is 12.8. The Kier molecular flexibility index (Phi) is 3.92. The van der Waals surface area contributed by atoms with Crippen molar-refractivity contribution in [1.29, 1.82) is 0 Å². The molecular formula is C16H16FN3S. The lowest BCUT2D eigenvalue weighted by molar-refractivity contribution is 0.533. The highest BCUT2D eigenvalue weighted by Crippen LogP contribution is 2.31. The molecule has 3 nitrogen and oxygen atoms in total. The average Bonchev–Trinajstić information content (AvgIpc) is 2.81. The lowest BCUT2D eigenvalue weighted by Gasteiger charge is -2.07. The summed E-state index contributed by atoms with van der Waals surface area (Å²) in [7, 11) is 2.00. The minimum absolute atomic E-state index is 0.346. The van der Waals surface area contributed by atoms with Crippen LogP contribution in [0.15, 0.2) is 41.6 Å². The van der Waals surface area contributed by atoms with E-state index in [0.717, 1.165) is 27.3 Å². The molecule has 0 fully saturated rings. The first-order valence-corrected chi connectivity index (χ1v) is 7.75. The summed E-state index contributed by atoms with van der Waals surface area (Å²) in [5, 5.41) is 0. The number of aromatic nitrogens is 3. The SMILES string of the molecule is Cc1ccc2c(c1)nc(-c1ccncc1SCCF)n2C. The number of pyridine rings is 1. The van der Waals surface area contributed by atoms with E-state index in [0.29, 0.717) is 5.75 Å². The van der Waals surface area contributed by atoms with Crippen molar-refractivity contribution in [3.63, 3.8) is 0 Å². The molecule has 0 amide bonds. The fourth-order valence-electron chi connectivity index (χ4n) is 2.38. The minimum atomic E-state index is -0.346. The van der Waals surface area contributed by atoms with Crippen molar-refractivity contribution in [1.82, 2.24) is 14.5 Å². The minimum Gasteiger partial charge on any atom is -0.327 e. The zero-order chi connectivity index (χ0) is 14.8. The predicted molar refractivity (Wildman–Crippen MR) is 85.4 cm³/mol. The summed E-state index contributed by atoms with van der Waals surface area (Å²) in [6.45, 7) is 1.71. The molecule has 0 bridgehead atoms. The lowest BCUT2D eigenvalue weighted by atomic mass is 10.2. The van der Waals surface area contributed by atoms with E-state index < -0.39 is 0 Å². The fourth-order valence-corrected chi connectivity index (χ4v) is 3.13. The molecule has 0 saturated heterocycles. The van der Waals surface area contributed by atoms with Gasteiger partial charge in [-0.25, -0.2) is 4.98 Å². The Morgan fingerprint density at radius 3 is 2.95 bits per heavy atom. The van der Waals surface area contributed by atoms with Crippen LogP contribution in [-0.2, 0) is 7.05 Å². The second-order valence-electron chi connectivity index (χ2n) is 4.90. The molecule has 0 aliphatic rings. The van der Waals surface area contributed by atoms with E-state index in [1.807, 2.05) is 13.1 Å². The van der Waals surface area contributed by atoms with Crippen molar-refractivity contribution in [2.45, 2.75) is 11.8 Å². The Hall–Kier alpha value is -1.88. The molecule has 0 unspecified atom stereocenters. The van der Waals surface area contributed by atoms with Crippen LogP contribution in [0.3, 0.4) is 0 Å². The number of nitrogens with zero attached hydrogens (tertiary/aromatic N) is 3. The number of fused-ring (bicyclic) bond motifs is 1. The summed E-state index contributed by atoms with van der Waals surface area (Å²) >= 11 is 1.47. The van der Waals surface area contributed by atoms with Gasteiger partial charge in [-0.15, -0.1) is 11.8 Å². The maximum atomic E-state index is 12.4. The van der Waals surface area contributed by atoms with Crippen LogP contribution in [0.4, 0.5) is 4.39 Å². The van der Waals surface area contributed by atoms with Crippen LogP contribution in [0.2, 0.25) is 0 Å². The van der Waals surface area contributed by atoms with Crippen LogP contribution in [0.1, 0.15) is 5.56 Å². The number of aryl methyl sites for hydroxylation is 2. The van der Waals surface area contributed by atoms with E-state index in [2.05, 4.69) is 34.7 Å². The molecule has 0 aliphatic carbocycles. The number of thioether (sulfide) groups is 1. The van der Waals surface area contributed by atoms with E-state index in [4.69, 9.17) is 4.98 Å². The third-order valence-corrected chi connectivity index (χ3v) is 4.39. The maximum Gasteiger partial charge on any atom is 0.142 e. The van der Waals surface area contributed by atoms with Gasteiger partial charge >= 0.3 is 0 Å². The molecule has 21 heavy (non-hydrogen) atoms. The molecule has 1 aromatic carbocycles. The van der Waals surface area contributed by atoms with Crippen molar-refractivity contribution in [2.75, 3.05) is 12.4 Å². The van der Waals surface area contributed by atoms with Crippen molar-refractivity contribution in [3.8, 4) is 11.4 Å². The molecule has 3 aromatic rings. The Labute approximate surface area is 127 Å². The van der Waals surface area contributed by atoms with Crippen LogP contribution in [0, 0.1) is 6.92 Å². The van der Waals surface area contributed by atoms with Crippen LogP contribution < -0.4 is 0 Å². The molecule has 0 spiro atoms. The maximum absolute atomic E-state index is 12.4. The zero-order valence-electron chi connectivity index (χ0n) is 12.0. The van der Waals surface area contributed by atoms with Gasteiger partial charge in [0, 0.05) is 35.7 Å². The first-order chi connectivity index (χ1) is 10.2. The molecule has 0 aliphatic heterocycles. The fraction of sp³-hybridized carbons (Fsp3) is 0.250. The van der Waals surface area contributed by atoms with Crippen LogP contribution in [0.5, 0.6) is 0 Å². The third kappa shape index (κ3) is 2.65. The first kappa shape index (κ1) is 14.1. The Morgan fingerprint density at radius 2 is 2.14 bits per heavy atom. The van der Waals surface area contributed by atoms with Crippen molar-refractivity contribution in [2.24, 2.45) is 7.05 Å². The highest BCUT2D eigenvalue weighted by atomic mass is 32.2. The number of imidazole rings is 1. The highest BCUT2D eigenvalue weighted by Gasteiger charge is 2.13. The molecule has 0 atom stereocenters. The van der Waals surface area contributed by atoms with Gasteiger partial charge in [-0.3, -0.25) is 9.37 Å². The van der Waals surface area contributed by atoms with E-state index in [1.54, 1.807) is 12.4 Å². The van der Waals surface area contributed by atoms with Gasteiger partial charge in [0.1, 0.15) is 5.82 Å². The van der Waals surface area contributed by atoms with E-state index in [-0.39, 0.29) is 6.67 Å². The standard InChI is InChI=1S/C16H16FN3S/c1-11-3-4-14-13(9-11)19-16(20(14)2)12-5-7-18-10-15(12)21-8-6-17/h3-5,7,9-10H,6,8H2,1-2H3. The second-order valence-corrected chi connectivity index (χ2v) is 6.03. The number of alkyl halides is 1. The molecule has 3 rings (SSSR count). The van der Waals surface area contributed by atoms with Crippen LogP contribution >= 0.6 is 11.8 Å². The van der Waals surface area contributed by atoms with Crippen molar-refractivity contribution in [3.05, 3.63) is 42.2 Å². The topological polar surface area (TPSA) is 30.7 Å². The van der Waals surface area contributed by atoms with Gasteiger partial charge in [0.2, 0.25) is 0 Å². The van der Waals surface area contributed by atoms with E-state index in [9.17, 15) is 4.39 Å². The summed E-state index contributed by atoms with van der Waals surface area (Å²) in [4.78, 5) is 9.84. The van der Waals surface area contributed by atoms with Gasteiger partial charge in [0.15, 0.2) is 0 Å². The average molecular weight is 301 g/mol. The second kappa shape index (κ2) is 5.85. The van der Waals surface area contributed by atoms with Gasteiger partial charge in [0.05, 0.1) is 17.7 Å². The smallest absolute Gasteiger partial charge is 0.142 e. The molecule has 2 aromatic heterocycles. The number of hydrogen-bond donors (Lipinski definition) is 0. The van der Waals surface area contributed by atoms with Crippen LogP contribution in [-0.4, -0.2) is 27.0 Å². The van der Waals surface area contributed by atoms with Gasteiger partial charge < -0.3 is 4.57 Å². The Bertz CT molecular complexity index is 782. The van der Waals surface area contributed by atoms with Crippen molar-refractivity contribution >= 4 is 22.8 Å². The predicted octanol–water partition coefficient (Wildman–Crippen LogP) is 4.01. The summed E-state index contributed by atoms with van der Waals surface area (Å²) in [5.74, 6) is 1.32. The van der Waals surface area contributed by atoms with Gasteiger partial charge in [-0.2, -0.15) is 0 Å².